The fourth-order valence-corrected chi connectivity index (χ4v) is 4.37. The Balaban J connectivity index is 0.00000182. The minimum Gasteiger partial charge on any atom is -0.477 e. The maximum absolute atomic E-state index is 11.2. The number of H-pyrrole nitrogens is 1. The lowest BCUT2D eigenvalue weighted by Crippen LogP contribution is -2.12. The molecule has 1 unspecified atom stereocenters. The Morgan fingerprint density at radius 2 is 2.20 bits per heavy atom. The van der Waals surface area contributed by atoms with Crippen LogP contribution in [0.25, 0.3) is 21.5 Å². The van der Waals surface area contributed by atoms with Crippen molar-refractivity contribution in [2.75, 3.05) is 6.54 Å². The van der Waals surface area contributed by atoms with Crippen LogP contribution in [0.4, 0.5) is 0 Å². The van der Waals surface area contributed by atoms with Gasteiger partial charge in [0.2, 0.25) is 0 Å². The second kappa shape index (κ2) is 6.96. The first-order valence-corrected chi connectivity index (χ1v) is 8.99. The molecule has 1 aromatic carbocycles. The van der Waals surface area contributed by atoms with Gasteiger partial charge >= 0.3 is 5.97 Å². The SMILES string of the molecule is Cc1nc(-c2cc(Cl)c3[nH]c(C4CCCN4)cc3c2)sc1C(=O)O.Cl. The van der Waals surface area contributed by atoms with Crippen molar-refractivity contribution in [1.82, 2.24) is 15.3 Å². The highest BCUT2D eigenvalue weighted by molar-refractivity contribution is 7.17. The average Bonchev–Trinajstić information content (AvgIpc) is 3.25. The van der Waals surface area contributed by atoms with Crippen molar-refractivity contribution in [3.63, 3.8) is 0 Å². The van der Waals surface area contributed by atoms with E-state index in [1.807, 2.05) is 12.1 Å². The summed E-state index contributed by atoms with van der Waals surface area (Å²) >= 11 is 7.63. The molecule has 4 rings (SSSR count). The third kappa shape index (κ3) is 3.27. The number of carbonyl (C=O) groups is 1. The standard InChI is InChI=1S/C17H16ClN3O2S.ClH/c1-8-15(17(22)23)24-16(20-8)10-5-9-7-13(12-3-2-4-19-12)21-14(9)11(18)6-10;/h5-7,12,19,21H,2-4H2,1H3,(H,22,23);1H. The van der Waals surface area contributed by atoms with E-state index in [9.17, 15) is 9.90 Å². The molecule has 3 N–H and O–H groups in total. The molecule has 3 aromatic rings. The lowest BCUT2D eigenvalue weighted by atomic mass is 10.1. The molecule has 2 aromatic heterocycles. The summed E-state index contributed by atoms with van der Waals surface area (Å²) < 4.78 is 0. The molecule has 3 heterocycles. The number of aromatic nitrogens is 2. The number of halogens is 2. The molecular formula is C17H17Cl2N3O2S. The fraction of sp³-hybridized carbons (Fsp3) is 0.294. The summed E-state index contributed by atoms with van der Waals surface area (Å²) in [6, 6.07) is 6.32. The summed E-state index contributed by atoms with van der Waals surface area (Å²) in [5, 5.41) is 15.0. The summed E-state index contributed by atoms with van der Waals surface area (Å²) in [7, 11) is 0. The fourth-order valence-electron chi connectivity index (χ4n) is 3.20. The summed E-state index contributed by atoms with van der Waals surface area (Å²) in [6.45, 7) is 2.75. The van der Waals surface area contributed by atoms with Crippen LogP contribution in [-0.4, -0.2) is 27.6 Å². The van der Waals surface area contributed by atoms with Crippen LogP contribution in [0.5, 0.6) is 0 Å². The Morgan fingerprint density at radius 1 is 1.40 bits per heavy atom. The first kappa shape index (κ1) is 18.2. The van der Waals surface area contributed by atoms with Crippen LogP contribution < -0.4 is 5.32 Å². The van der Waals surface area contributed by atoms with E-state index in [4.69, 9.17) is 11.6 Å². The molecule has 0 aliphatic carbocycles. The van der Waals surface area contributed by atoms with Crippen molar-refractivity contribution in [3.8, 4) is 10.6 Å². The number of aromatic carboxylic acids is 1. The highest BCUT2D eigenvalue weighted by atomic mass is 35.5. The van der Waals surface area contributed by atoms with Crippen LogP contribution in [0, 0.1) is 6.92 Å². The third-order valence-corrected chi connectivity index (χ3v) is 5.87. The Hall–Kier alpha value is -1.60. The van der Waals surface area contributed by atoms with E-state index in [-0.39, 0.29) is 17.3 Å². The summed E-state index contributed by atoms with van der Waals surface area (Å²) in [4.78, 5) is 19.3. The van der Waals surface area contributed by atoms with Crippen LogP contribution in [0.2, 0.25) is 5.02 Å². The van der Waals surface area contributed by atoms with Crippen molar-refractivity contribution in [2.24, 2.45) is 0 Å². The Kier molecular flexibility index (Phi) is 5.06. The first-order chi connectivity index (χ1) is 11.5. The number of aryl methyl sites for hydroxylation is 1. The highest BCUT2D eigenvalue weighted by Crippen LogP contribution is 2.35. The zero-order valence-corrected chi connectivity index (χ0v) is 15.8. The van der Waals surface area contributed by atoms with Gasteiger partial charge in [-0.15, -0.1) is 23.7 Å². The molecule has 1 saturated heterocycles. The molecule has 0 radical (unpaired) electrons. The summed E-state index contributed by atoms with van der Waals surface area (Å²) in [6.07, 6.45) is 2.29. The number of nitrogens with zero attached hydrogens (tertiary/aromatic N) is 1. The smallest absolute Gasteiger partial charge is 0.347 e. The van der Waals surface area contributed by atoms with E-state index >= 15 is 0 Å². The van der Waals surface area contributed by atoms with E-state index in [0.29, 0.717) is 21.8 Å². The van der Waals surface area contributed by atoms with Gasteiger partial charge in [0.05, 0.1) is 16.2 Å². The average molecular weight is 398 g/mol. The molecule has 1 aliphatic rings. The molecule has 25 heavy (non-hydrogen) atoms. The summed E-state index contributed by atoms with van der Waals surface area (Å²) in [5.74, 6) is -0.945. The van der Waals surface area contributed by atoms with Crippen molar-refractivity contribution >= 4 is 52.2 Å². The van der Waals surface area contributed by atoms with Crippen molar-refractivity contribution in [3.05, 3.63) is 39.5 Å². The van der Waals surface area contributed by atoms with Crippen molar-refractivity contribution < 1.29 is 9.90 Å². The van der Waals surface area contributed by atoms with E-state index in [2.05, 4.69) is 21.4 Å². The topological polar surface area (TPSA) is 78.0 Å². The number of benzene rings is 1. The van der Waals surface area contributed by atoms with Crippen molar-refractivity contribution in [1.29, 1.82) is 0 Å². The maximum Gasteiger partial charge on any atom is 0.347 e. The van der Waals surface area contributed by atoms with Gasteiger partial charge in [0.25, 0.3) is 0 Å². The molecule has 1 fully saturated rings. The Labute approximate surface area is 159 Å². The molecule has 5 nitrogen and oxygen atoms in total. The largest absolute Gasteiger partial charge is 0.477 e. The number of hydrogen-bond donors (Lipinski definition) is 3. The molecule has 0 saturated carbocycles. The molecule has 1 atom stereocenters. The van der Waals surface area contributed by atoms with Crippen LogP contribution in [0.15, 0.2) is 18.2 Å². The van der Waals surface area contributed by atoms with E-state index < -0.39 is 5.97 Å². The highest BCUT2D eigenvalue weighted by Gasteiger charge is 2.20. The minimum absolute atomic E-state index is 0. The lowest BCUT2D eigenvalue weighted by molar-refractivity contribution is 0.0701. The van der Waals surface area contributed by atoms with Crippen LogP contribution in [-0.2, 0) is 0 Å². The minimum atomic E-state index is -0.945. The monoisotopic (exact) mass is 397 g/mol. The van der Waals surface area contributed by atoms with Gasteiger partial charge < -0.3 is 15.4 Å². The number of carboxylic acids is 1. The number of thiazole rings is 1. The van der Waals surface area contributed by atoms with Crippen LogP contribution >= 0.6 is 35.3 Å². The Morgan fingerprint density at radius 3 is 2.84 bits per heavy atom. The second-order valence-electron chi connectivity index (χ2n) is 6.03. The molecule has 1 aliphatic heterocycles. The van der Waals surface area contributed by atoms with Crippen LogP contribution in [0.1, 0.15) is 39.9 Å². The number of rotatable bonds is 3. The van der Waals surface area contributed by atoms with E-state index in [1.54, 1.807) is 6.92 Å². The normalized spacial score (nSPS) is 17.0. The maximum atomic E-state index is 11.2. The second-order valence-corrected chi connectivity index (χ2v) is 7.44. The lowest BCUT2D eigenvalue weighted by Gasteiger charge is -2.06. The van der Waals surface area contributed by atoms with Gasteiger partial charge in [-0.1, -0.05) is 11.6 Å². The molecule has 0 amide bonds. The molecule has 132 valence electrons. The van der Waals surface area contributed by atoms with Gasteiger partial charge in [0.1, 0.15) is 9.88 Å². The molecule has 0 spiro atoms. The van der Waals surface area contributed by atoms with Gasteiger partial charge in [-0.25, -0.2) is 9.78 Å². The zero-order chi connectivity index (χ0) is 16.8. The zero-order valence-electron chi connectivity index (χ0n) is 13.4. The number of hydrogen-bond acceptors (Lipinski definition) is 4. The third-order valence-electron chi connectivity index (χ3n) is 4.37. The van der Waals surface area contributed by atoms with E-state index in [1.165, 1.54) is 17.8 Å². The van der Waals surface area contributed by atoms with Gasteiger partial charge in [-0.2, -0.15) is 0 Å². The van der Waals surface area contributed by atoms with E-state index in [0.717, 1.165) is 35.1 Å². The Bertz CT molecular complexity index is 945. The molecule has 8 heteroatoms. The number of carboxylic acid groups (broad SMARTS) is 1. The molecular weight excluding hydrogens is 381 g/mol. The molecule has 0 bridgehead atoms. The predicted octanol–water partition coefficient (Wildman–Crippen LogP) is 4.80. The van der Waals surface area contributed by atoms with Crippen LogP contribution in [0.3, 0.4) is 0 Å². The number of fused-ring (bicyclic) bond motifs is 1. The first-order valence-electron chi connectivity index (χ1n) is 7.79. The van der Waals surface area contributed by atoms with Gasteiger partial charge in [0.15, 0.2) is 0 Å². The quantitative estimate of drug-likeness (QED) is 0.592. The summed E-state index contributed by atoms with van der Waals surface area (Å²) in [5.41, 5.74) is 3.43. The van der Waals surface area contributed by atoms with Gasteiger partial charge in [-0.3, -0.25) is 0 Å². The van der Waals surface area contributed by atoms with Gasteiger partial charge in [0, 0.05) is 22.7 Å². The number of nitrogens with one attached hydrogen (secondary N) is 2. The predicted molar refractivity (Wildman–Crippen MR) is 103 cm³/mol. The van der Waals surface area contributed by atoms with Crippen molar-refractivity contribution in [2.45, 2.75) is 25.8 Å². The number of aromatic amines is 1. The van der Waals surface area contributed by atoms with Gasteiger partial charge in [-0.05, 0) is 44.5 Å².